The third kappa shape index (κ3) is 4.04. The first-order chi connectivity index (χ1) is 12.9. The fourth-order valence-electron chi connectivity index (χ4n) is 3.06. The van der Waals surface area contributed by atoms with E-state index in [0.29, 0.717) is 0 Å². The number of aromatic nitrogens is 4. The molecule has 156 valence electrons. The summed E-state index contributed by atoms with van der Waals surface area (Å²) in [5, 5.41) is 6.82. The molecule has 0 radical (unpaired) electrons. The van der Waals surface area contributed by atoms with E-state index in [1.807, 2.05) is 0 Å². The maximum absolute atomic E-state index is 14.4. The Labute approximate surface area is 159 Å². The summed E-state index contributed by atoms with van der Waals surface area (Å²) in [5.41, 5.74) is -1.36. The summed E-state index contributed by atoms with van der Waals surface area (Å²) in [5.74, 6) is -0.282. The fourth-order valence-corrected chi connectivity index (χ4v) is 3.91. The molecule has 0 amide bonds. The summed E-state index contributed by atoms with van der Waals surface area (Å²) in [4.78, 5) is 7.53. The van der Waals surface area contributed by atoms with Crippen LogP contribution in [0.5, 0.6) is 0 Å². The van der Waals surface area contributed by atoms with Crippen molar-refractivity contribution in [2.75, 3.05) is 24.7 Å². The molecule has 0 bridgehead atoms. The summed E-state index contributed by atoms with van der Waals surface area (Å²) in [6.45, 7) is 3.18. The highest BCUT2D eigenvalue weighted by Crippen LogP contribution is 2.33. The van der Waals surface area contributed by atoms with E-state index < -0.39 is 34.1 Å². The van der Waals surface area contributed by atoms with Gasteiger partial charge in [0.2, 0.25) is 16.0 Å². The van der Waals surface area contributed by atoms with Gasteiger partial charge in [0.1, 0.15) is 17.5 Å². The molecule has 1 fully saturated rings. The zero-order chi connectivity index (χ0) is 20.9. The van der Waals surface area contributed by atoms with E-state index in [-0.39, 0.29) is 42.7 Å². The molecular weight excluding hydrogens is 404 g/mol. The Morgan fingerprint density at radius 3 is 2.54 bits per heavy atom. The number of imidazole rings is 1. The van der Waals surface area contributed by atoms with Gasteiger partial charge in [0.15, 0.2) is 5.69 Å². The summed E-state index contributed by atoms with van der Waals surface area (Å²) < 4.78 is 79.2. The number of piperidine rings is 1. The van der Waals surface area contributed by atoms with Gasteiger partial charge in [-0.15, -0.1) is 5.10 Å². The van der Waals surface area contributed by atoms with E-state index in [2.05, 4.69) is 20.4 Å². The van der Waals surface area contributed by atoms with E-state index in [4.69, 9.17) is 0 Å². The number of rotatable bonds is 4. The van der Waals surface area contributed by atoms with Crippen LogP contribution in [0, 0.1) is 0 Å². The number of nitrogens with zero attached hydrogens (tertiary/aromatic N) is 5. The fraction of sp³-hybridized carbons (Fsp3) is 0.667. The largest absolute Gasteiger partial charge is 0.435 e. The molecule has 3 rings (SSSR count). The van der Waals surface area contributed by atoms with Crippen LogP contribution in [0.2, 0.25) is 0 Å². The van der Waals surface area contributed by atoms with Gasteiger partial charge >= 0.3 is 6.18 Å². The zero-order valence-electron chi connectivity index (χ0n) is 15.4. The smallest absolute Gasteiger partial charge is 0.347 e. The Balaban J connectivity index is 1.88. The number of sulfonamides is 1. The van der Waals surface area contributed by atoms with E-state index in [0.717, 1.165) is 21.3 Å². The van der Waals surface area contributed by atoms with Gasteiger partial charge in [-0.1, -0.05) is 13.8 Å². The van der Waals surface area contributed by atoms with Crippen LogP contribution in [-0.4, -0.2) is 63.9 Å². The van der Waals surface area contributed by atoms with Crippen molar-refractivity contribution in [3.63, 3.8) is 0 Å². The molecule has 1 aliphatic heterocycles. The van der Waals surface area contributed by atoms with Crippen LogP contribution in [0.3, 0.4) is 0 Å². The molecule has 0 saturated carbocycles. The summed E-state index contributed by atoms with van der Waals surface area (Å²) in [7, 11) is -3.49. The van der Waals surface area contributed by atoms with Crippen molar-refractivity contribution in [1.82, 2.24) is 23.9 Å². The second kappa shape index (κ2) is 7.10. The van der Waals surface area contributed by atoms with Crippen molar-refractivity contribution in [2.45, 2.75) is 44.6 Å². The van der Waals surface area contributed by atoms with E-state index in [1.165, 1.54) is 0 Å². The molecular formula is C15H20F4N6O2S. The van der Waals surface area contributed by atoms with Crippen LogP contribution < -0.4 is 5.32 Å². The lowest BCUT2D eigenvalue weighted by atomic mass is 10.1. The third-order valence-electron chi connectivity index (χ3n) is 4.49. The molecule has 13 heteroatoms. The molecule has 2 aromatic heterocycles. The molecule has 2 aromatic rings. The van der Waals surface area contributed by atoms with E-state index in [1.54, 1.807) is 13.8 Å². The van der Waals surface area contributed by atoms with E-state index >= 15 is 0 Å². The summed E-state index contributed by atoms with van der Waals surface area (Å²) >= 11 is 0. The van der Waals surface area contributed by atoms with Crippen molar-refractivity contribution >= 4 is 21.5 Å². The van der Waals surface area contributed by atoms with Crippen LogP contribution in [0.1, 0.15) is 37.7 Å². The molecule has 1 aliphatic rings. The van der Waals surface area contributed by atoms with Crippen molar-refractivity contribution in [1.29, 1.82) is 0 Å². The van der Waals surface area contributed by atoms with Gasteiger partial charge < -0.3 is 5.32 Å². The minimum absolute atomic E-state index is 0.0546. The molecule has 1 saturated heterocycles. The first-order valence-corrected chi connectivity index (χ1v) is 10.4. The topological polar surface area (TPSA) is 92.5 Å². The normalized spacial score (nSPS) is 22.1. The maximum Gasteiger partial charge on any atom is 0.435 e. The highest BCUT2D eigenvalue weighted by atomic mass is 32.2. The number of hydrogen-bond donors (Lipinski definition) is 1. The van der Waals surface area contributed by atoms with Crippen LogP contribution >= 0.6 is 0 Å². The average Bonchev–Trinajstić information content (AvgIpc) is 2.95. The molecule has 0 aromatic carbocycles. The van der Waals surface area contributed by atoms with Crippen LogP contribution in [0.25, 0.3) is 5.52 Å². The predicted molar refractivity (Wildman–Crippen MR) is 93.2 cm³/mol. The van der Waals surface area contributed by atoms with Crippen molar-refractivity contribution < 1.29 is 26.0 Å². The number of halogens is 4. The SMILES string of the molecule is CC(C)c1nc(C(F)(F)F)c2cnc(N[C@@H]3CCN(S(C)(=O)=O)C[C@H]3F)nn12. The van der Waals surface area contributed by atoms with Gasteiger partial charge in [0, 0.05) is 19.0 Å². The Hall–Kier alpha value is -2.02. The molecule has 28 heavy (non-hydrogen) atoms. The highest BCUT2D eigenvalue weighted by Gasteiger charge is 2.38. The lowest BCUT2D eigenvalue weighted by Gasteiger charge is -2.33. The van der Waals surface area contributed by atoms with Crippen LogP contribution in [0.4, 0.5) is 23.5 Å². The second-order valence-corrected chi connectivity index (χ2v) is 9.01. The lowest BCUT2D eigenvalue weighted by Crippen LogP contribution is -2.49. The summed E-state index contributed by atoms with van der Waals surface area (Å²) in [6, 6.07) is -0.761. The minimum Gasteiger partial charge on any atom is -0.347 e. The zero-order valence-corrected chi connectivity index (χ0v) is 16.2. The standard InChI is InChI=1S/C15H20F4N6O2S/c1-8(2)13-22-12(15(17,18)19)11-6-20-14(23-25(11)13)21-10-4-5-24(7-9(10)16)28(3,26)27/h6,8-10H,4-5,7H2,1-3H3,(H,21,23)/t9-,10-/m1/s1. The maximum atomic E-state index is 14.4. The lowest BCUT2D eigenvalue weighted by molar-refractivity contribution is -0.139. The first-order valence-electron chi connectivity index (χ1n) is 8.56. The molecule has 1 N–H and O–H groups in total. The van der Waals surface area contributed by atoms with Crippen LogP contribution in [0.15, 0.2) is 6.20 Å². The highest BCUT2D eigenvalue weighted by molar-refractivity contribution is 7.88. The van der Waals surface area contributed by atoms with Crippen molar-refractivity contribution in [3.8, 4) is 0 Å². The third-order valence-corrected chi connectivity index (χ3v) is 5.76. The number of anilines is 1. The van der Waals surface area contributed by atoms with Gasteiger partial charge in [-0.25, -0.2) is 27.3 Å². The quantitative estimate of drug-likeness (QED) is 0.756. The molecule has 8 nitrogen and oxygen atoms in total. The Bertz CT molecular complexity index is 975. The molecule has 0 aliphatic carbocycles. The van der Waals surface area contributed by atoms with E-state index in [9.17, 15) is 26.0 Å². The minimum atomic E-state index is -4.65. The predicted octanol–water partition coefficient (Wildman–Crippen LogP) is 2.05. The van der Waals surface area contributed by atoms with Gasteiger partial charge in [-0.2, -0.15) is 17.5 Å². The monoisotopic (exact) mass is 424 g/mol. The molecule has 2 atom stereocenters. The number of fused-ring (bicyclic) bond motifs is 1. The van der Waals surface area contributed by atoms with Gasteiger partial charge in [-0.05, 0) is 6.42 Å². The number of nitrogens with one attached hydrogen (secondary N) is 1. The molecule has 0 spiro atoms. The molecule has 0 unspecified atom stereocenters. The number of hydrogen-bond acceptors (Lipinski definition) is 6. The first kappa shape index (κ1) is 20.7. The Kier molecular flexibility index (Phi) is 5.25. The van der Waals surface area contributed by atoms with Crippen LogP contribution in [-0.2, 0) is 16.2 Å². The Morgan fingerprint density at radius 2 is 2.00 bits per heavy atom. The van der Waals surface area contributed by atoms with Gasteiger partial charge in [0.25, 0.3) is 0 Å². The number of alkyl halides is 4. The Morgan fingerprint density at radius 1 is 1.32 bits per heavy atom. The molecule has 3 heterocycles. The van der Waals surface area contributed by atoms with Crippen molar-refractivity contribution in [2.24, 2.45) is 0 Å². The summed E-state index contributed by atoms with van der Waals surface area (Å²) in [6.07, 6.45) is -3.99. The second-order valence-electron chi connectivity index (χ2n) is 7.03. The average molecular weight is 424 g/mol. The van der Waals surface area contributed by atoms with Gasteiger partial charge in [-0.3, -0.25) is 0 Å². The van der Waals surface area contributed by atoms with Gasteiger partial charge in [0.05, 0.1) is 18.5 Å². The van der Waals surface area contributed by atoms with Crippen molar-refractivity contribution in [3.05, 3.63) is 17.7 Å².